The summed E-state index contributed by atoms with van der Waals surface area (Å²) in [7, 11) is 0. The van der Waals surface area contributed by atoms with Crippen LogP contribution in [-0.2, 0) is 6.18 Å². The monoisotopic (exact) mass is 444 g/mol. The number of hydrogen-bond donors (Lipinski definition) is 2. The summed E-state index contributed by atoms with van der Waals surface area (Å²) in [5.41, 5.74) is 5.20. The van der Waals surface area contributed by atoms with Gasteiger partial charge in [0.05, 0.1) is 12.1 Å². The minimum absolute atomic E-state index is 0.0968. The first-order valence-corrected chi connectivity index (χ1v) is 9.48. The third-order valence-electron chi connectivity index (χ3n) is 4.33. The summed E-state index contributed by atoms with van der Waals surface area (Å²) in [6.07, 6.45) is -4.40. The lowest BCUT2D eigenvalue weighted by Crippen LogP contribution is -2.28. The number of carbonyl (C=O) groups excluding carboxylic acids is 2. The van der Waals surface area contributed by atoms with Gasteiger partial charge in [-0.15, -0.1) is 0 Å². The average Bonchev–Trinajstić information content (AvgIpc) is 2.77. The van der Waals surface area contributed by atoms with Crippen LogP contribution in [0.1, 0.15) is 26.3 Å². The van der Waals surface area contributed by atoms with Crippen LogP contribution < -0.4 is 20.5 Å². The van der Waals surface area contributed by atoms with Crippen LogP contribution in [-0.4, -0.2) is 25.0 Å². The standard InChI is InChI=1S/C23H19F3N2O4/c24-23(25,26)17-5-11-18(12-6-17)31-14-13-28-22(30)16-3-9-20(10-4-16)32-19-7-1-15(2-8-19)21(27)29/h1-12H,13-14H2,(H2,27,29)(H,28,30). The van der Waals surface area contributed by atoms with E-state index in [1.165, 1.54) is 12.1 Å². The number of alkyl halides is 3. The number of benzene rings is 3. The normalized spacial score (nSPS) is 11.0. The van der Waals surface area contributed by atoms with Crippen molar-refractivity contribution < 1.29 is 32.2 Å². The third kappa shape index (κ3) is 6.24. The Labute approximate surface area is 181 Å². The van der Waals surface area contributed by atoms with Crippen molar-refractivity contribution in [3.8, 4) is 17.2 Å². The summed E-state index contributed by atoms with van der Waals surface area (Å²) in [4.78, 5) is 23.3. The zero-order valence-corrected chi connectivity index (χ0v) is 16.7. The molecule has 0 aromatic heterocycles. The van der Waals surface area contributed by atoms with Gasteiger partial charge in [-0.2, -0.15) is 13.2 Å². The number of carbonyl (C=O) groups is 2. The van der Waals surface area contributed by atoms with Crippen LogP contribution in [0.3, 0.4) is 0 Å². The maximum absolute atomic E-state index is 12.5. The second-order valence-corrected chi connectivity index (χ2v) is 6.64. The molecule has 0 saturated carbocycles. The number of amides is 2. The number of hydrogen-bond acceptors (Lipinski definition) is 4. The van der Waals surface area contributed by atoms with Crippen LogP contribution in [0.15, 0.2) is 72.8 Å². The summed E-state index contributed by atoms with van der Waals surface area (Å²) in [5, 5.41) is 2.66. The molecule has 0 fully saturated rings. The van der Waals surface area contributed by atoms with Crippen molar-refractivity contribution in [2.24, 2.45) is 5.73 Å². The predicted octanol–water partition coefficient (Wildman–Crippen LogP) is 4.41. The number of ether oxygens (including phenoxy) is 2. The summed E-state index contributed by atoms with van der Waals surface area (Å²) in [5.74, 6) is 0.416. The number of nitrogens with two attached hydrogens (primary N) is 1. The topological polar surface area (TPSA) is 90.7 Å². The fraction of sp³-hybridized carbons (Fsp3) is 0.130. The molecule has 0 aliphatic rings. The molecule has 0 unspecified atom stereocenters. The van der Waals surface area contributed by atoms with Gasteiger partial charge < -0.3 is 20.5 Å². The molecule has 2 amide bonds. The van der Waals surface area contributed by atoms with E-state index in [0.29, 0.717) is 22.6 Å². The lowest BCUT2D eigenvalue weighted by atomic mass is 10.2. The highest BCUT2D eigenvalue weighted by Gasteiger charge is 2.30. The van der Waals surface area contributed by atoms with Gasteiger partial charge in [-0.25, -0.2) is 0 Å². The van der Waals surface area contributed by atoms with E-state index >= 15 is 0 Å². The molecule has 0 radical (unpaired) electrons. The lowest BCUT2D eigenvalue weighted by Gasteiger charge is -2.10. The quantitative estimate of drug-likeness (QED) is 0.504. The molecule has 6 nitrogen and oxygen atoms in total. The van der Waals surface area contributed by atoms with Crippen LogP contribution in [0.5, 0.6) is 17.2 Å². The Balaban J connectivity index is 1.45. The molecule has 3 N–H and O–H groups in total. The Morgan fingerprint density at radius 3 is 1.78 bits per heavy atom. The molecule has 0 saturated heterocycles. The molecule has 3 aromatic rings. The zero-order chi connectivity index (χ0) is 23.1. The van der Waals surface area contributed by atoms with Gasteiger partial charge in [0.1, 0.15) is 23.9 Å². The number of primary amides is 1. The third-order valence-corrected chi connectivity index (χ3v) is 4.33. The van der Waals surface area contributed by atoms with Gasteiger partial charge in [-0.1, -0.05) is 0 Å². The molecule has 3 rings (SSSR count). The summed E-state index contributed by atoms with van der Waals surface area (Å²) in [6, 6.07) is 17.0. The predicted molar refractivity (Wildman–Crippen MR) is 111 cm³/mol. The Kier molecular flexibility index (Phi) is 6.99. The SMILES string of the molecule is NC(=O)c1ccc(Oc2ccc(C(=O)NCCOc3ccc(C(F)(F)F)cc3)cc2)cc1. The van der Waals surface area contributed by atoms with Gasteiger partial charge >= 0.3 is 6.18 Å². The smallest absolute Gasteiger partial charge is 0.416 e. The number of nitrogens with one attached hydrogen (secondary N) is 1. The van der Waals surface area contributed by atoms with Gasteiger partial charge in [0, 0.05) is 11.1 Å². The first kappa shape index (κ1) is 22.7. The number of rotatable bonds is 8. The maximum Gasteiger partial charge on any atom is 0.416 e. The number of halogens is 3. The van der Waals surface area contributed by atoms with Crippen molar-refractivity contribution in [3.63, 3.8) is 0 Å². The molecular formula is C23H19F3N2O4. The van der Waals surface area contributed by atoms with Crippen molar-refractivity contribution in [2.45, 2.75) is 6.18 Å². The van der Waals surface area contributed by atoms with Crippen LogP contribution in [0.2, 0.25) is 0 Å². The van der Waals surface area contributed by atoms with Crippen LogP contribution in [0, 0.1) is 0 Å². The zero-order valence-electron chi connectivity index (χ0n) is 16.7. The van der Waals surface area contributed by atoms with Crippen molar-refractivity contribution in [3.05, 3.63) is 89.5 Å². The molecule has 0 aliphatic carbocycles. The molecule has 0 heterocycles. The second kappa shape index (κ2) is 9.86. The van der Waals surface area contributed by atoms with Crippen LogP contribution in [0.4, 0.5) is 13.2 Å². The highest BCUT2D eigenvalue weighted by molar-refractivity contribution is 5.94. The van der Waals surface area contributed by atoms with E-state index < -0.39 is 17.6 Å². The molecule has 166 valence electrons. The summed E-state index contributed by atoms with van der Waals surface area (Å²) < 4.78 is 48.6. The average molecular weight is 444 g/mol. The summed E-state index contributed by atoms with van der Waals surface area (Å²) in [6.45, 7) is 0.268. The minimum Gasteiger partial charge on any atom is -0.492 e. The van der Waals surface area contributed by atoms with Gasteiger partial charge in [0.2, 0.25) is 5.91 Å². The minimum atomic E-state index is -4.40. The maximum atomic E-state index is 12.5. The van der Waals surface area contributed by atoms with Crippen LogP contribution in [0.25, 0.3) is 0 Å². The fourth-order valence-corrected chi connectivity index (χ4v) is 2.67. The Bertz CT molecular complexity index is 1060. The highest BCUT2D eigenvalue weighted by Crippen LogP contribution is 2.30. The first-order valence-electron chi connectivity index (χ1n) is 9.48. The van der Waals surface area contributed by atoms with Crippen molar-refractivity contribution >= 4 is 11.8 Å². The van der Waals surface area contributed by atoms with E-state index in [0.717, 1.165) is 12.1 Å². The van der Waals surface area contributed by atoms with Crippen molar-refractivity contribution in [1.29, 1.82) is 0 Å². The Hall–Kier alpha value is -4.01. The fourth-order valence-electron chi connectivity index (χ4n) is 2.67. The van der Waals surface area contributed by atoms with Gasteiger partial charge in [-0.3, -0.25) is 9.59 Å². The van der Waals surface area contributed by atoms with Crippen molar-refractivity contribution in [2.75, 3.05) is 13.2 Å². The van der Waals surface area contributed by atoms with Crippen LogP contribution >= 0.6 is 0 Å². The summed E-state index contributed by atoms with van der Waals surface area (Å²) >= 11 is 0. The molecule has 3 aromatic carbocycles. The Morgan fingerprint density at radius 2 is 1.28 bits per heavy atom. The van der Waals surface area contributed by atoms with E-state index in [-0.39, 0.29) is 24.8 Å². The second-order valence-electron chi connectivity index (χ2n) is 6.64. The molecule has 9 heteroatoms. The first-order chi connectivity index (χ1) is 15.2. The molecule has 32 heavy (non-hydrogen) atoms. The molecule has 0 aliphatic heterocycles. The molecular weight excluding hydrogens is 425 g/mol. The molecule has 0 bridgehead atoms. The van der Waals surface area contributed by atoms with E-state index in [2.05, 4.69) is 5.32 Å². The lowest BCUT2D eigenvalue weighted by molar-refractivity contribution is -0.137. The van der Waals surface area contributed by atoms with E-state index in [1.54, 1.807) is 48.5 Å². The van der Waals surface area contributed by atoms with Gasteiger partial charge in [-0.05, 0) is 72.8 Å². The van der Waals surface area contributed by atoms with Gasteiger partial charge in [0.15, 0.2) is 0 Å². The highest BCUT2D eigenvalue weighted by atomic mass is 19.4. The van der Waals surface area contributed by atoms with E-state index in [9.17, 15) is 22.8 Å². The molecule has 0 atom stereocenters. The Morgan fingerprint density at radius 1 is 0.781 bits per heavy atom. The van der Waals surface area contributed by atoms with E-state index in [1.807, 2.05) is 0 Å². The van der Waals surface area contributed by atoms with Gasteiger partial charge in [0.25, 0.3) is 5.91 Å². The largest absolute Gasteiger partial charge is 0.492 e. The molecule has 0 spiro atoms. The van der Waals surface area contributed by atoms with E-state index in [4.69, 9.17) is 15.2 Å². The van der Waals surface area contributed by atoms with Crippen molar-refractivity contribution in [1.82, 2.24) is 5.32 Å².